The van der Waals surface area contributed by atoms with Gasteiger partial charge in [0.1, 0.15) is 17.1 Å². The predicted octanol–water partition coefficient (Wildman–Crippen LogP) is 5.39. The normalized spacial score (nSPS) is 14.6. The van der Waals surface area contributed by atoms with Gasteiger partial charge < -0.3 is 9.15 Å². The maximum atomic E-state index is 12.9. The van der Waals surface area contributed by atoms with E-state index >= 15 is 0 Å². The zero-order valence-electron chi connectivity index (χ0n) is 19.1. The number of hydrogen-bond acceptors (Lipinski definition) is 7. The number of carbonyl (C=O) groups excluding carboxylic acids is 3. The molecule has 0 N–H and O–H groups in total. The van der Waals surface area contributed by atoms with Gasteiger partial charge >= 0.3 is 0 Å². The zero-order chi connectivity index (χ0) is 25.2. The van der Waals surface area contributed by atoms with Gasteiger partial charge in [0.15, 0.2) is 11.2 Å². The third-order valence-electron chi connectivity index (χ3n) is 5.69. The zero-order valence-corrected chi connectivity index (χ0v) is 19.9. The van der Waals surface area contributed by atoms with Gasteiger partial charge in [0, 0.05) is 17.2 Å². The molecule has 1 fully saturated rings. The fourth-order valence-electron chi connectivity index (χ4n) is 3.81. The van der Waals surface area contributed by atoms with E-state index in [-0.39, 0.29) is 22.7 Å². The van der Waals surface area contributed by atoms with E-state index in [2.05, 4.69) is 0 Å². The quantitative estimate of drug-likeness (QED) is 0.260. The number of carbonyl (C=O) groups is 3. The number of rotatable bonds is 6. The lowest BCUT2D eigenvalue weighted by Crippen LogP contribution is -2.33. The summed E-state index contributed by atoms with van der Waals surface area (Å²) in [6.07, 6.45) is 1.53. The van der Waals surface area contributed by atoms with E-state index in [1.54, 1.807) is 42.5 Å². The van der Waals surface area contributed by atoms with Crippen LogP contribution in [-0.4, -0.2) is 35.5 Å². The highest BCUT2D eigenvalue weighted by Gasteiger charge is 2.36. The molecule has 2 heterocycles. The molecule has 7 nitrogen and oxygen atoms in total. The molecular weight excluding hydrogens is 478 g/mol. The van der Waals surface area contributed by atoms with Crippen molar-refractivity contribution in [2.24, 2.45) is 0 Å². The summed E-state index contributed by atoms with van der Waals surface area (Å²) in [6.45, 7) is -0.363. The van der Waals surface area contributed by atoms with Gasteiger partial charge in [0.2, 0.25) is 0 Å². The van der Waals surface area contributed by atoms with Gasteiger partial charge in [0.25, 0.3) is 11.1 Å². The Morgan fingerprint density at radius 1 is 0.972 bits per heavy atom. The highest BCUT2D eigenvalue weighted by Crippen LogP contribution is 2.33. The molecule has 0 radical (unpaired) electrons. The lowest BCUT2D eigenvalue weighted by molar-refractivity contribution is -0.122. The van der Waals surface area contributed by atoms with Crippen molar-refractivity contribution in [2.45, 2.75) is 0 Å². The van der Waals surface area contributed by atoms with Crippen LogP contribution in [0.1, 0.15) is 15.9 Å². The summed E-state index contributed by atoms with van der Waals surface area (Å²) in [5.41, 5.74) is 1.92. The van der Waals surface area contributed by atoms with E-state index in [4.69, 9.17) is 9.15 Å². The van der Waals surface area contributed by atoms with Gasteiger partial charge in [-0.1, -0.05) is 36.4 Å². The number of imide groups is 1. The van der Waals surface area contributed by atoms with Crippen LogP contribution in [-0.2, 0) is 4.79 Å². The fraction of sp³-hybridized carbons (Fsp3) is 0.0714. The van der Waals surface area contributed by atoms with Crippen LogP contribution in [0.25, 0.3) is 28.4 Å². The summed E-state index contributed by atoms with van der Waals surface area (Å²) in [6, 6.07) is 22.2. The molecule has 8 heteroatoms. The predicted molar refractivity (Wildman–Crippen MR) is 138 cm³/mol. The summed E-state index contributed by atoms with van der Waals surface area (Å²) in [5.74, 6) is 0.141. The molecule has 3 aromatic carbocycles. The van der Waals surface area contributed by atoms with Crippen LogP contribution < -0.4 is 10.2 Å². The molecule has 5 rings (SSSR count). The van der Waals surface area contributed by atoms with Crippen molar-refractivity contribution in [1.82, 2.24) is 4.90 Å². The molecule has 0 atom stereocenters. The second-order valence-electron chi connectivity index (χ2n) is 8.02. The van der Waals surface area contributed by atoms with E-state index in [9.17, 15) is 19.2 Å². The van der Waals surface area contributed by atoms with Crippen molar-refractivity contribution in [3.8, 4) is 17.1 Å². The first-order chi connectivity index (χ1) is 17.4. The third-order valence-corrected chi connectivity index (χ3v) is 6.60. The smallest absolute Gasteiger partial charge is 0.293 e. The molecule has 0 aliphatic carbocycles. The number of methoxy groups -OCH3 is 1. The summed E-state index contributed by atoms with van der Waals surface area (Å²) in [4.78, 5) is 51.8. The van der Waals surface area contributed by atoms with Crippen LogP contribution in [0, 0.1) is 0 Å². The Hall–Kier alpha value is -4.43. The summed E-state index contributed by atoms with van der Waals surface area (Å²) >= 11 is 0.754. The molecule has 1 saturated heterocycles. The average Bonchev–Trinajstić information content (AvgIpc) is 3.16. The van der Waals surface area contributed by atoms with Gasteiger partial charge in [0.05, 0.1) is 23.9 Å². The summed E-state index contributed by atoms with van der Waals surface area (Å²) in [5, 5.41) is -0.168. The monoisotopic (exact) mass is 497 g/mol. The number of nitrogens with zero attached hydrogens (tertiary/aromatic N) is 1. The van der Waals surface area contributed by atoms with Crippen molar-refractivity contribution in [2.75, 3.05) is 13.7 Å². The first-order valence-electron chi connectivity index (χ1n) is 11.0. The number of hydrogen-bond donors (Lipinski definition) is 0. The lowest BCUT2D eigenvalue weighted by atomic mass is 10.1. The van der Waals surface area contributed by atoms with Gasteiger partial charge in [-0.2, -0.15) is 0 Å². The number of Topliss-reactive ketones (excluding diaryl/α,β-unsaturated/α-hetero) is 1. The molecule has 0 unspecified atom stereocenters. The van der Waals surface area contributed by atoms with Crippen LogP contribution in [0.4, 0.5) is 4.79 Å². The van der Waals surface area contributed by atoms with Crippen molar-refractivity contribution >= 4 is 45.7 Å². The number of amides is 2. The van der Waals surface area contributed by atoms with Crippen molar-refractivity contribution < 1.29 is 23.5 Å². The second-order valence-corrected chi connectivity index (χ2v) is 9.01. The lowest BCUT2D eigenvalue weighted by Gasteiger charge is -2.11. The molecule has 36 heavy (non-hydrogen) atoms. The molecule has 2 amide bonds. The van der Waals surface area contributed by atoms with Crippen LogP contribution in [0.5, 0.6) is 5.75 Å². The van der Waals surface area contributed by atoms with Gasteiger partial charge in [-0.05, 0) is 59.8 Å². The minimum atomic E-state index is -0.557. The molecule has 1 aromatic heterocycles. The molecule has 4 aromatic rings. The standard InChI is InChI=1S/C28H19NO6S/c1-34-20-10-8-18(9-11-20)23(31)16-29-27(32)26(36-28(29)33)14-17-7-12-24-21(13-17)22(30)15-25(35-24)19-5-3-2-4-6-19/h2-15H,16H2,1H3/b26-14+. The van der Waals surface area contributed by atoms with Gasteiger partial charge in [-0.3, -0.25) is 24.1 Å². The molecule has 0 saturated carbocycles. The van der Waals surface area contributed by atoms with Crippen LogP contribution in [0.2, 0.25) is 0 Å². The highest BCUT2D eigenvalue weighted by molar-refractivity contribution is 8.18. The maximum Gasteiger partial charge on any atom is 0.293 e. The first-order valence-corrected chi connectivity index (χ1v) is 11.8. The van der Waals surface area contributed by atoms with Crippen molar-refractivity contribution in [3.63, 3.8) is 0 Å². The Morgan fingerprint density at radius 2 is 1.72 bits per heavy atom. The topological polar surface area (TPSA) is 93.9 Å². The van der Waals surface area contributed by atoms with Crippen LogP contribution in [0.15, 0.2) is 93.0 Å². The molecule has 178 valence electrons. The Morgan fingerprint density at radius 3 is 2.44 bits per heavy atom. The third kappa shape index (κ3) is 4.58. The molecule has 1 aliphatic rings. The maximum absolute atomic E-state index is 12.9. The number of ketones is 1. The number of fused-ring (bicyclic) bond motifs is 1. The van der Waals surface area contributed by atoms with Crippen molar-refractivity contribution in [3.05, 3.63) is 105 Å². The Labute approximate surface area is 210 Å². The van der Waals surface area contributed by atoms with Crippen LogP contribution in [0.3, 0.4) is 0 Å². The number of benzene rings is 3. The van der Waals surface area contributed by atoms with E-state index in [0.717, 1.165) is 22.2 Å². The van der Waals surface area contributed by atoms with Gasteiger partial charge in [-0.25, -0.2) is 0 Å². The van der Waals surface area contributed by atoms with E-state index in [1.807, 2.05) is 30.3 Å². The fourth-order valence-corrected chi connectivity index (χ4v) is 4.65. The number of ether oxygens (including phenoxy) is 1. The van der Waals surface area contributed by atoms with Crippen molar-refractivity contribution in [1.29, 1.82) is 0 Å². The SMILES string of the molecule is COc1ccc(C(=O)CN2C(=O)S/C(=C/c3ccc4oc(-c5ccccc5)cc(=O)c4c3)C2=O)cc1. The first kappa shape index (κ1) is 23.3. The molecular formula is C28H19NO6S. The van der Waals surface area contributed by atoms with Gasteiger partial charge in [-0.15, -0.1) is 0 Å². The van der Waals surface area contributed by atoms with Crippen LogP contribution >= 0.6 is 11.8 Å². The minimum absolute atomic E-state index is 0.173. The summed E-state index contributed by atoms with van der Waals surface area (Å²) < 4.78 is 11.0. The molecule has 1 aliphatic heterocycles. The molecule has 0 bridgehead atoms. The Balaban J connectivity index is 1.38. The average molecular weight is 498 g/mol. The summed E-state index contributed by atoms with van der Waals surface area (Å²) in [7, 11) is 1.52. The Kier molecular flexibility index (Phi) is 6.26. The van der Waals surface area contributed by atoms with E-state index in [0.29, 0.717) is 33.6 Å². The second kappa shape index (κ2) is 9.67. The van der Waals surface area contributed by atoms with E-state index in [1.165, 1.54) is 19.3 Å². The number of thioether (sulfide) groups is 1. The largest absolute Gasteiger partial charge is 0.497 e. The molecule has 0 spiro atoms. The Bertz CT molecular complexity index is 1590. The minimum Gasteiger partial charge on any atom is -0.497 e. The van der Waals surface area contributed by atoms with E-state index < -0.39 is 11.1 Å². The highest BCUT2D eigenvalue weighted by atomic mass is 32.2.